The molecule has 3 atom stereocenters. The van der Waals surface area contributed by atoms with Gasteiger partial charge in [-0.1, -0.05) is 32.1 Å². The van der Waals surface area contributed by atoms with Gasteiger partial charge in [0.15, 0.2) is 0 Å². The maximum absolute atomic E-state index is 12.4. The van der Waals surface area contributed by atoms with Crippen molar-refractivity contribution in [3.8, 4) is 0 Å². The van der Waals surface area contributed by atoms with E-state index in [0.717, 1.165) is 0 Å². The molecule has 0 bridgehead atoms. The summed E-state index contributed by atoms with van der Waals surface area (Å²) in [6, 6.07) is 0.232. The van der Waals surface area contributed by atoms with E-state index < -0.39 is 0 Å². The van der Waals surface area contributed by atoms with Crippen molar-refractivity contribution in [2.24, 2.45) is 29.4 Å². The maximum Gasteiger partial charge on any atom is 0.223 e. The molecule has 0 radical (unpaired) electrons. The van der Waals surface area contributed by atoms with Crippen LogP contribution in [0.2, 0.25) is 0 Å². The lowest BCUT2D eigenvalue weighted by molar-refractivity contribution is -0.124. The summed E-state index contributed by atoms with van der Waals surface area (Å²) in [5, 5.41) is 3.29. The minimum atomic E-state index is 0.232. The Balaban J connectivity index is 1.52. The van der Waals surface area contributed by atoms with Crippen molar-refractivity contribution < 1.29 is 4.79 Å². The van der Waals surface area contributed by atoms with Gasteiger partial charge in [0, 0.05) is 18.5 Å². The van der Waals surface area contributed by atoms with Crippen LogP contribution in [0.15, 0.2) is 0 Å². The van der Waals surface area contributed by atoms with Gasteiger partial charge >= 0.3 is 0 Å². The molecule has 0 spiro atoms. The van der Waals surface area contributed by atoms with Crippen LogP contribution in [0.1, 0.15) is 57.8 Å². The van der Waals surface area contributed by atoms with E-state index in [1.807, 2.05) is 0 Å². The van der Waals surface area contributed by atoms with Crippen LogP contribution in [0.25, 0.3) is 0 Å². The van der Waals surface area contributed by atoms with E-state index in [-0.39, 0.29) is 6.04 Å². The third-order valence-corrected chi connectivity index (χ3v) is 5.76. The Kier molecular flexibility index (Phi) is 4.11. The fourth-order valence-electron chi connectivity index (χ4n) is 4.57. The van der Waals surface area contributed by atoms with Gasteiger partial charge in [-0.2, -0.15) is 0 Å². The largest absolute Gasteiger partial charge is 0.352 e. The van der Waals surface area contributed by atoms with Crippen molar-refractivity contribution in [3.63, 3.8) is 0 Å². The van der Waals surface area contributed by atoms with Crippen LogP contribution in [0.3, 0.4) is 0 Å². The molecule has 3 fully saturated rings. The summed E-state index contributed by atoms with van der Waals surface area (Å²) in [5.74, 6) is 2.69. The predicted molar refractivity (Wildman–Crippen MR) is 76.5 cm³/mol. The average Bonchev–Trinajstić information content (AvgIpc) is 3.20. The molecule has 3 rings (SSSR count). The van der Waals surface area contributed by atoms with Crippen molar-refractivity contribution in [2.75, 3.05) is 6.54 Å². The molecular weight excluding hydrogens is 236 g/mol. The molecule has 0 aromatic heterocycles. The van der Waals surface area contributed by atoms with Gasteiger partial charge < -0.3 is 11.1 Å². The molecule has 3 heteroatoms. The maximum atomic E-state index is 12.4. The minimum Gasteiger partial charge on any atom is -0.352 e. The number of hydrogen-bond acceptors (Lipinski definition) is 2. The normalized spacial score (nSPS) is 36.4. The van der Waals surface area contributed by atoms with E-state index in [1.165, 1.54) is 57.8 Å². The molecule has 3 nitrogen and oxygen atoms in total. The number of amides is 1. The van der Waals surface area contributed by atoms with Crippen molar-refractivity contribution in [1.82, 2.24) is 5.32 Å². The summed E-state index contributed by atoms with van der Waals surface area (Å²) >= 11 is 0. The second kappa shape index (κ2) is 5.82. The number of nitrogens with one attached hydrogen (secondary N) is 1. The van der Waals surface area contributed by atoms with Crippen LogP contribution < -0.4 is 11.1 Å². The van der Waals surface area contributed by atoms with E-state index in [2.05, 4.69) is 5.32 Å². The highest BCUT2D eigenvalue weighted by atomic mass is 16.2. The molecule has 0 aromatic carbocycles. The molecule has 19 heavy (non-hydrogen) atoms. The van der Waals surface area contributed by atoms with Crippen LogP contribution in [-0.4, -0.2) is 18.5 Å². The average molecular weight is 264 g/mol. The zero-order valence-corrected chi connectivity index (χ0v) is 11.9. The number of fused-ring (bicyclic) bond motifs is 1. The van der Waals surface area contributed by atoms with Gasteiger partial charge in [-0.05, 0) is 43.4 Å². The lowest BCUT2D eigenvalue weighted by atomic mass is 9.84. The van der Waals surface area contributed by atoms with Gasteiger partial charge in [-0.15, -0.1) is 0 Å². The molecule has 0 saturated heterocycles. The monoisotopic (exact) mass is 264 g/mol. The molecule has 3 aliphatic carbocycles. The number of rotatable bonds is 4. The van der Waals surface area contributed by atoms with Crippen LogP contribution >= 0.6 is 0 Å². The van der Waals surface area contributed by atoms with Gasteiger partial charge in [-0.3, -0.25) is 4.79 Å². The molecule has 3 aliphatic rings. The smallest absolute Gasteiger partial charge is 0.223 e. The molecule has 108 valence electrons. The van der Waals surface area contributed by atoms with E-state index in [1.54, 1.807) is 0 Å². The standard InChI is InChI=1S/C16H28N2O/c17-10-14(11-6-2-1-3-7-11)18-16(19)15-12-8-4-5-9-13(12)15/h11-15H,1-10,17H2,(H,18,19). The highest BCUT2D eigenvalue weighted by Gasteiger charge is 2.54. The molecule has 3 N–H and O–H groups in total. The summed E-state index contributed by atoms with van der Waals surface area (Å²) in [4.78, 5) is 12.4. The Bertz CT molecular complexity index is 313. The predicted octanol–water partition coefficient (Wildman–Crippen LogP) is 2.45. The van der Waals surface area contributed by atoms with Gasteiger partial charge in [0.05, 0.1) is 0 Å². The van der Waals surface area contributed by atoms with Gasteiger partial charge in [0.2, 0.25) is 5.91 Å². The summed E-state index contributed by atoms with van der Waals surface area (Å²) in [6.07, 6.45) is 11.7. The first-order valence-corrected chi connectivity index (χ1v) is 8.31. The van der Waals surface area contributed by atoms with E-state index in [0.29, 0.717) is 36.1 Å². The zero-order valence-electron chi connectivity index (χ0n) is 11.9. The molecular formula is C16H28N2O. The fraction of sp³-hybridized carbons (Fsp3) is 0.938. The second-order valence-electron chi connectivity index (χ2n) is 6.89. The zero-order chi connectivity index (χ0) is 13.2. The summed E-state index contributed by atoms with van der Waals surface area (Å²) < 4.78 is 0. The van der Waals surface area contributed by atoms with E-state index in [9.17, 15) is 4.79 Å². The first kappa shape index (κ1) is 13.4. The van der Waals surface area contributed by atoms with Gasteiger partial charge in [0.1, 0.15) is 0 Å². The van der Waals surface area contributed by atoms with Crippen molar-refractivity contribution in [2.45, 2.75) is 63.8 Å². The molecule has 3 saturated carbocycles. The highest BCUT2D eigenvalue weighted by molar-refractivity contribution is 5.82. The lowest BCUT2D eigenvalue weighted by Crippen LogP contribution is -2.46. The minimum absolute atomic E-state index is 0.232. The van der Waals surface area contributed by atoms with Crippen LogP contribution in [0.5, 0.6) is 0 Å². The summed E-state index contributed by atoms with van der Waals surface area (Å²) in [5.41, 5.74) is 5.90. The summed E-state index contributed by atoms with van der Waals surface area (Å²) in [6.45, 7) is 0.610. The number of hydrogen-bond donors (Lipinski definition) is 2. The Labute approximate surface area is 116 Å². The third-order valence-electron chi connectivity index (χ3n) is 5.76. The first-order valence-electron chi connectivity index (χ1n) is 8.31. The molecule has 0 aromatic rings. The van der Waals surface area contributed by atoms with Crippen molar-refractivity contribution >= 4 is 5.91 Å². The number of carbonyl (C=O) groups excluding carboxylic acids is 1. The Morgan fingerprint density at radius 1 is 1.00 bits per heavy atom. The van der Waals surface area contributed by atoms with E-state index >= 15 is 0 Å². The van der Waals surface area contributed by atoms with Gasteiger partial charge in [0.25, 0.3) is 0 Å². The first-order chi connectivity index (χ1) is 9.31. The topological polar surface area (TPSA) is 55.1 Å². The number of nitrogens with two attached hydrogens (primary N) is 1. The second-order valence-corrected chi connectivity index (χ2v) is 6.89. The Hall–Kier alpha value is -0.570. The van der Waals surface area contributed by atoms with Crippen molar-refractivity contribution in [1.29, 1.82) is 0 Å². The third kappa shape index (κ3) is 2.81. The van der Waals surface area contributed by atoms with Crippen LogP contribution in [-0.2, 0) is 4.79 Å². The molecule has 3 unspecified atom stereocenters. The molecule has 0 heterocycles. The van der Waals surface area contributed by atoms with Crippen LogP contribution in [0, 0.1) is 23.7 Å². The number of carbonyl (C=O) groups is 1. The fourth-order valence-corrected chi connectivity index (χ4v) is 4.57. The quantitative estimate of drug-likeness (QED) is 0.819. The Morgan fingerprint density at radius 3 is 2.16 bits per heavy atom. The molecule has 0 aliphatic heterocycles. The van der Waals surface area contributed by atoms with Crippen molar-refractivity contribution in [3.05, 3.63) is 0 Å². The highest BCUT2D eigenvalue weighted by Crippen LogP contribution is 2.55. The SMILES string of the molecule is NCC(NC(=O)C1C2CCCCC21)C1CCCCC1. The van der Waals surface area contributed by atoms with E-state index in [4.69, 9.17) is 5.73 Å². The van der Waals surface area contributed by atoms with Gasteiger partial charge in [-0.25, -0.2) is 0 Å². The Morgan fingerprint density at radius 2 is 1.58 bits per heavy atom. The lowest BCUT2D eigenvalue weighted by Gasteiger charge is -2.30. The molecule has 1 amide bonds. The summed E-state index contributed by atoms with van der Waals surface area (Å²) in [7, 11) is 0. The van der Waals surface area contributed by atoms with Crippen LogP contribution in [0.4, 0.5) is 0 Å².